The summed E-state index contributed by atoms with van der Waals surface area (Å²) in [5.74, 6) is -0.314. The van der Waals surface area contributed by atoms with Crippen molar-refractivity contribution in [2.45, 2.75) is 26.2 Å². The minimum absolute atomic E-state index is 0.178. The third-order valence-corrected chi connectivity index (χ3v) is 9.85. The van der Waals surface area contributed by atoms with Crippen molar-refractivity contribution in [1.82, 2.24) is 4.57 Å². The third-order valence-electron chi connectivity index (χ3n) is 9.85. The summed E-state index contributed by atoms with van der Waals surface area (Å²) in [5, 5.41) is 4.07. The quantitative estimate of drug-likeness (QED) is 0.189. The Bertz CT molecular complexity index is 2510. The van der Waals surface area contributed by atoms with Gasteiger partial charge in [-0.15, -0.1) is 0 Å². The van der Waals surface area contributed by atoms with Crippen LogP contribution < -0.4 is 4.57 Å². The van der Waals surface area contributed by atoms with E-state index in [1.54, 1.807) is 6.07 Å². The number of benzene rings is 5. The van der Waals surface area contributed by atoms with Gasteiger partial charge in [0.25, 0.3) is 0 Å². The van der Waals surface area contributed by atoms with Crippen molar-refractivity contribution in [3.05, 3.63) is 132 Å². The summed E-state index contributed by atoms with van der Waals surface area (Å²) in [5.41, 5.74) is 11.8. The van der Waals surface area contributed by atoms with Gasteiger partial charge in [-0.1, -0.05) is 68.4 Å². The van der Waals surface area contributed by atoms with Crippen LogP contribution in [-0.2, 0) is 12.5 Å². The molecule has 0 saturated heterocycles. The van der Waals surface area contributed by atoms with E-state index < -0.39 is 0 Å². The van der Waals surface area contributed by atoms with Crippen LogP contribution in [0.4, 0.5) is 4.39 Å². The molecule has 3 nitrogen and oxygen atoms in total. The molecular formula is C40H30FN2O+. The van der Waals surface area contributed by atoms with Gasteiger partial charge in [0.15, 0.2) is 17.6 Å². The number of hydrogen-bond donors (Lipinski definition) is 0. The van der Waals surface area contributed by atoms with Gasteiger partial charge in [-0.3, -0.25) is 0 Å². The van der Waals surface area contributed by atoms with Gasteiger partial charge in [-0.25, -0.2) is 8.96 Å². The van der Waals surface area contributed by atoms with Crippen LogP contribution in [-0.4, -0.2) is 4.57 Å². The molecule has 0 amide bonds. The summed E-state index contributed by atoms with van der Waals surface area (Å²) in [6.45, 7) is 6.67. The van der Waals surface area contributed by atoms with Crippen LogP contribution in [0.1, 0.15) is 30.5 Å². The molecular weight excluding hydrogens is 543 g/mol. The predicted octanol–water partition coefficient (Wildman–Crippen LogP) is 9.93. The zero-order valence-corrected chi connectivity index (χ0v) is 25.1. The first-order valence-corrected chi connectivity index (χ1v) is 15.1. The smallest absolute Gasteiger partial charge is 0.216 e. The van der Waals surface area contributed by atoms with Crippen molar-refractivity contribution in [2.24, 2.45) is 7.05 Å². The van der Waals surface area contributed by atoms with Crippen molar-refractivity contribution in [3.8, 4) is 28.1 Å². The normalized spacial score (nSPS) is 13.8. The summed E-state index contributed by atoms with van der Waals surface area (Å²) < 4.78 is 27.4. The number of nitrogens with zero attached hydrogens (tertiary/aromatic N) is 2. The molecule has 3 aromatic heterocycles. The summed E-state index contributed by atoms with van der Waals surface area (Å²) in [6, 6.07) is 35.4. The molecule has 0 N–H and O–H groups in total. The first-order chi connectivity index (χ1) is 21.3. The lowest BCUT2D eigenvalue weighted by molar-refractivity contribution is -0.660. The number of aryl methyl sites for hydroxylation is 2. The fourth-order valence-electron chi connectivity index (χ4n) is 7.68. The molecule has 0 aliphatic heterocycles. The topological polar surface area (TPSA) is 21.9 Å². The highest BCUT2D eigenvalue weighted by Crippen LogP contribution is 2.51. The largest absolute Gasteiger partial charge is 0.453 e. The fraction of sp³-hybridized carbons (Fsp3) is 0.125. The molecule has 0 fully saturated rings. The molecule has 3 heterocycles. The first kappa shape index (κ1) is 25.3. The summed E-state index contributed by atoms with van der Waals surface area (Å²) in [4.78, 5) is 0. The number of rotatable bonds is 2. The molecule has 4 heteroatoms. The summed E-state index contributed by atoms with van der Waals surface area (Å²) >= 11 is 0. The summed E-state index contributed by atoms with van der Waals surface area (Å²) in [6.07, 6.45) is 2.04. The van der Waals surface area contributed by atoms with Crippen molar-refractivity contribution < 1.29 is 13.4 Å². The number of aromatic nitrogens is 2. The average Bonchev–Trinajstić information content (AvgIpc) is 3.63. The number of fused-ring (bicyclic) bond motifs is 9. The Morgan fingerprint density at radius 1 is 0.682 bits per heavy atom. The van der Waals surface area contributed by atoms with E-state index in [1.807, 2.05) is 37.5 Å². The van der Waals surface area contributed by atoms with Gasteiger partial charge in [0.05, 0.1) is 16.6 Å². The molecule has 1 aliphatic carbocycles. The molecule has 0 radical (unpaired) electrons. The molecule has 0 spiro atoms. The van der Waals surface area contributed by atoms with Gasteiger partial charge in [0, 0.05) is 39.1 Å². The van der Waals surface area contributed by atoms with Crippen molar-refractivity contribution in [2.75, 3.05) is 0 Å². The Kier molecular flexibility index (Phi) is 4.98. The van der Waals surface area contributed by atoms with Crippen LogP contribution in [0.5, 0.6) is 0 Å². The van der Waals surface area contributed by atoms with Crippen LogP contribution >= 0.6 is 0 Å². The Hall–Kier alpha value is -5.22. The van der Waals surface area contributed by atoms with Crippen LogP contribution in [0.3, 0.4) is 0 Å². The molecule has 0 saturated carbocycles. The predicted molar refractivity (Wildman–Crippen MR) is 177 cm³/mol. The Morgan fingerprint density at radius 2 is 1.43 bits per heavy atom. The highest BCUT2D eigenvalue weighted by molar-refractivity contribution is 6.15. The third kappa shape index (κ3) is 3.17. The summed E-state index contributed by atoms with van der Waals surface area (Å²) in [7, 11) is 2.04. The maximum atomic E-state index is 16.4. The van der Waals surface area contributed by atoms with E-state index in [4.69, 9.17) is 4.42 Å². The molecule has 212 valence electrons. The van der Waals surface area contributed by atoms with E-state index >= 15 is 4.39 Å². The lowest BCUT2D eigenvalue weighted by Crippen LogP contribution is -2.30. The average molecular weight is 574 g/mol. The lowest BCUT2D eigenvalue weighted by Gasteiger charge is -2.21. The molecule has 5 aromatic carbocycles. The highest BCUT2D eigenvalue weighted by Gasteiger charge is 2.36. The van der Waals surface area contributed by atoms with Gasteiger partial charge in [0.1, 0.15) is 18.3 Å². The van der Waals surface area contributed by atoms with Crippen molar-refractivity contribution >= 4 is 43.7 Å². The molecule has 1 aliphatic rings. The van der Waals surface area contributed by atoms with Crippen molar-refractivity contribution in [3.63, 3.8) is 0 Å². The number of hydrogen-bond acceptors (Lipinski definition) is 1. The minimum atomic E-state index is -0.314. The molecule has 0 bridgehead atoms. The molecule has 9 rings (SSSR count). The molecule has 0 atom stereocenters. The highest BCUT2D eigenvalue weighted by atomic mass is 19.1. The van der Waals surface area contributed by atoms with E-state index in [2.05, 4.69) is 103 Å². The fourth-order valence-corrected chi connectivity index (χ4v) is 7.68. The van der Waals surface area contributed by atoms with E-state index in [9.17, 15) is 0 Å². The second-order valence-electron chi connectivity index (χ2n) is 12.6. The number of furan rings is 1. The van der Waals surface area contributed by atoms with Gasteiger partial charge in [-0.05, 0) is 71.1 Å². The van der Waals surface area contributed by atoms with Crippen LogP contribution in [0.15, 0.2) is 114 Å². The second-order valence-corrected chi connectivity index (χ2v) is 12.6. The van der Waals surface area contributed by atoms with Crippen molar-refractivity contribution in [1.29, 1.82) is 0 Å². The Morgan fingerprint density at radius 3 is 2.30 bits per heavy atom. The number of pyridine rings is 1. The van der Waals surface area contributed by atoms with Gasteiger partial charge >= 0.3 is 0 Å². The van der Waals surface area contributed by atoms with E-state index in [1.165, 1.54) is 22.3 Å². The first-order valence-electron chi connectivity index (χ1n) is 15.1. The van der Waals surface area contributed by atoms with Crippen LogP contribution in [0.25, 0.3) is 71.8 Å². The van der Waals surface area contributed by atoms with E-state index in [0.29, 0.717) is 11.3 Å². The maximum Gasteiger partial charge on any atom is 0.216 e. The van der Waals surface area contributed by atoms with Crippen LogP contribution in [0.2, 0.25) is 0 Å². The number of para-hydroxylation sites is 1. The minimum Gasteiger partial charge on any atom is -0.453 e. The Balaban J connectivity index is 1.42. The standard InChI is InChI=1S/C40H30FN2O/c1-23-16-17-26-27-18-19-32(41)37(39(27)44-38(26)36(23)34-15-9-10-20-42(34)4)43-33-14-8-6-12-25(33)29-21-28-24-11-5-7-13-30(24)40(2,3)31(28)22-35(29)43/h5-22H,1-4H3/q+1. The number of halogens is 1. The molecule has 0 unspecified atom stereocenters. The Labute approximate surface area is 254 Å². The SMILES string of the molecule is Cc1ccc2c(oc3c(-n4c5ccccc5c5cc6c(cc54)C(C)(C)c4ccccc4-6)c(F)ccc32)c1-c1cccc[n+]1C. The zero-order chi connectivity index (χ0) is 29.9. The lowest BCUT2D eigenvalue weighted by atomic mass is 9.82. The van der Waals surface area contributed by atoms with Crippen LogP contribution in [0, 0.1) is 12.7 Å². The van der Waals surface area contributed by atoms with Gasteiger partial charge in [0.2, 0.25) is 5.69 Å². The second kappa shape index (κ2) is 8.67. The van der Waals surface area contributed by atoms with Gasteiger partial charge in [-0.2, -0.15) is 0 Å². The molecule has 8 aromatic rings. The molecule has 44 heavy (non-hydrogen) atoms. The monoisotopic (exact) mass is 573 g/mol. The van der Waals surface area contributed by atoms with E-state index in [0.717, 1.165) is 55.0 Å². The van der Waals surface area contributed by atoms with E-state index in [-0.39, 0.29) is 11.2 Å². The van der Waals surface area contributed by atoms with Gasteiger partial charge < -0.3 is 8.98 Å². The maximum absolute atomic E-state index is 16.4. The zero-order valence-electron chi connectivity index (χ0n) is 25.1.